The number of amides is 1. The molecule has 0 unspecified atom stereocenters. The Labute approximate surface area is 114 Å². The SMILES string of the molecule is CC1(C)CCCN1c1cc2c(cc1N)CCC(=O)N2. The van der Waals surface area contributed by atoms with Crippen molar-refractivity contribution in [3.05, 3.63) is 17.7 Å². The molecule has 0 aliphatic carbocycles. The molecule has 0 aromatic heterocycles. The van der Waals surface area contributed by atoms with E-state index < -0.39 is 0 Å². The summed E-state index contributed by atoms with van der Waals surface area (Å²) in [5, 5.41) is 2.96. The minimum absolute atomic E-state index is 0.101. The lowest BCUT2D eigenvalue weighted by atomic mass is 9.98. The van der Waals surface area contributed by atoms with Gasteiger partial charge >= 0.3 is 0 Å². The highest BCUT2D eigenvalue weighted by molar-refractivity contribution is 5.95. The van der Waals surface area contributed by atoms with Gasteiger partial charge in [0.1, 0.15) is 0 Å². The molecule has 1 fully saturated rings. The maximum absolute atomic E-state index is 11.5. The normalized spacial score (nSPS) is 21.2. The molecule has 1 aromatic rings. The molecule has 2 heterocycles. The maximum Gasteiger partial charge on any atom is 0.224 e. The molecular formula is C15H21N3O. The molecule has 0 saturated carbocycles. The second kappa shape index (κ2) is 4.15. The predicted octanol–water partition coefficient (Wildman–Crippen LogP) is 2.53. The van der Waals surface area contributed by atoms with Gasteiger partial charge in [-0.1, -0.05) is 0 Å². The zero-order valence-corrected chi connectivity index (χ0v) is 11.6. The lowest BCUT2D eigenvalue weighted by Gasteiger charge is -2.35. The quantitative estimate of drug-likeness (QED) is 0.762. The molecule has 0 spiro atoms. The summed E-state index contributed by atoms with van der Waals surface area (Å²) in [5.41, 5.74) is 10.3. The highest BCUT2D eigenvalue weighted by atomic mass is 16.1. The Kier molecular flexibility index (Phi) is 2.69. The van der Waals surface area contributed by atoms with Gasteiger partial charge in [0.05, 0.1) is 11.4 Å². The number of carbonyl (C=O) groups excluding carboxylic acids is 1. The second-order valence-corrected chi connectivity index (χ2v) is 6.18. The number of nitrogen functional groups attached to an aromatic ring is 1. The Morgan fingerprint density at radius 1 is 1.32 bits per heavy atom. The molecule has 1 aromatic carbocycles. The molecule has 4 nitrogen and oxygen atoms in total. The van der Waals surface area contributed by atoms with Crippen molar-refractivity contribution in [2.75, 3.05) is 22.5 Å². The molecule has 0 bridgehead atoms. The van der Waals surface area contributed by atoms with Crippen LogP contribution in [0.3, 0.4) is 0 Å². The van der Waals surface area contributed by atoms with Crippen molar-refractivity contribution < 1.29 is 4.79 Å². The van der Waals surface area contributed by atoms with Gasteiger partial charge in [-0.15, -0.1) is 0 Å². The van der Waals surface area contributed by atoms with Crippen LogP contribution >= 0.6 is 0 Å². The van der Waals surface area contributed by atoms with Crippen molar-refractivity contribution in [1.82, 2.24) is 0 Å². The van der Waals surface area contributed by atoms with E-state index in [9.17, 15) is 4.79 Å². The molecule has 4 heteroatoms. The van der Waals surface area contributed by atoms with Gasteiger partial charge in [0, 0.05) is 24.2 Å². The average molecular weight is 259 g/mol. The van der Waals surface area contributed by atoms with Crippen molar-refractivity contribution in [3.8, 4) is 0 Å². The summed E-state index contributed by atoms with van der Waals surface area (Å²) in [4.78, 5) is 13.9. The Hall–Kier alpha value is -1.71. The van der Waals surface area contributed by atoms with Gasteiger partial charge in [0.25, 0.3) is 0 Å². The molecule has 3 rings (SSSR count). The van der Waals surface area contributed by atoms with Gasteiger partial charge < -0.3 is 16.0 Å². The van der Waals surface area contributed by atoms with Crippen LogP contribution in [0.2, 0.25) is 0 Å². The van der Waals surface area contributed by atoms with Crippen molar-refractivity contribution in [1.29, 1.82) is 0 Å². The van der Waals surface area contributed by atoms with Gasteiger partial charge in [0.15, 0.2) is 0 Å². The fourth-order valence-electron chi connectivity index (χ4n) is 3.22. The monoisotopic (exact) mass is 259 g/mol. The van der Waals surface area contributed by atoms with Crippen molar-refractivity contribution in [2.24, 2.45) is 0 Å². The number of aryl methyl sites for hydroxylation is 1. The van der Waals surface area contributed by atoms with Gasteiger partial charge in [0.2, 0.25) is 5.91 Å². The first-order valence-corrected chi connectivity index (χ1v) is 6.97. The van der Waals surface area contributed by atoms with Crippen molar-refractivity contribution in [3.63, 3.8) is 0 Å². The fraction of sp³-hybridized carbons (Fsp3) is 0.533. The largest absolute Gasteiger partial charge is 0.397 e. The van der Waals surface area contributed by atoms with Crippen molar-refractivity contribution >= 4 is 23.0 Å². The first-order valence-electron chi connectivity index (χ1n) is 6.97. The average Bonchev–Trinajstić information content (AvgIpc) is 2.68. The number of fused-ring (bicyclic) bond motifs is 1. The topological polar surface area (TPSA) is 58.4 Å². The molecule has 1 amide bonds. The summed E-state index contributed by atoms with van der Waals surface area (Å²) in [6.45, 7) is 5.53. The minimum Gasteiger partial charge on any atom is -0.397 e. The molecule has 0 atom stereocenters. The third kappa shape index (κ3) is 2.05. The third-order valence-electron chi connectivity index (χ3n) is 4.34. The Morgan fingerprint density at radius 3 is 2.79 bits per heavy atom. The highest BCUT2D eigenvalue weighted by Gasteiger charge is 2.33. The van der Waals surface area contributed by atoms with Crippen LogP contribution < -0.4 is 16.0 Å². The number of nitrogens with zero attached hydrogens (tertiary/aromatic N) is 1. The number of rotatable bonds is 1. The van der Waals surface area contributed by atoms with Gasteiger partial charge in [-0.05, 0) is 50.8 Å². The first kappa shape index (κ1) is 12.3. The number of carbonyl (C=O) groups is 1. The lowest BCUT2D eigenvalue weighted by Crippen LogP contribution is -2.38. The van der Waals surface area contributed by atoms with E-state index in [0.717, 1.165) is 35.6 Å². The van der Waals surface area contributed by atoms with Crippen LogP contribution in [-0.2, 0) is 11.2 Å². The van der Waals surface area contributed by atoms with E-state index >= 15 is 0 Å². The number of benzene rings is 1. The van der Waals surface area contributed by atoms with Crippen LogP contribution in [0.25, 0.3) is 0 Å². The molecule has 102 valence electrons. The molecule has 2 aliphatic heterocycles. The number of nitrogens with one attached hydrogen (secondary N) is 1. The molecule has 3 N–H and O–H groups in total. The second-order valence-electron chi connectivity index (χ2n) is 6.18. The zero-order chi connectivity index (χ0) is 13.6. The van der Waals surface area contributed by atoms with Gasteiger partial charge in [-0.25, -0.2) is 0 Å². The fourth-order valence-corrected chi connectivity index (χ4v) is 3.22. The third-order valence-corrected chi connectivity index (χ3v) is 4.34. The number of nitrogens with two attached hydrogens (primary N) is 1. The van der Waals surface area contributed by atoms with Gasteiger partial charge in [-0.3, -0.25) is 4.79 Å². The van der Waals surface area contributed by atoms with Crippen LogP contribution in [0.5, 0.6) is 0 Å². The highest BCUT2D eigenvalue weighted by Crippen LogP contribution is 2.40. The van der Waals surface area contributed by atoms with E-state index in [4.69, 9.17) is 5.73 Å². The van der Waals surface area contributed by atoms with Crippen LogP contribution in [0.1, 0.15) is 38.7 Å². The van der Waals surface area contributed by atoms with E-state index in [2.05, 4.69) is 30.1 Å². The Balaban J connectivity index is 2.03. The number of hydrogen-bond donors (Lipinski definition) is 2. The smallest absolute Gasteiger partial charge is 0.224 e. The van der Waals surface area contributed by atoms with E-state index in [1.807, 2.05) is 6.07 Å². The number of anilines is 3. The minimum atomic E-state index is 0.101. The van der Waals surface area contributed by atoms with Crippen molar-refractivity contribution in [2.45, 2.75) is 45.1 Å². The summed E-state index contributed by atoms with van der Waals surface area (Å²) in [5.74, 6) is 0.101. The molecule has 0 radical (unpaired) electrons. The summed E-state index contributed by atoms with van der Waals surface area (Å²) < 4.78 is 0. The van der Waals surface area contributed by atoms with E-state index in [-0.39, 0.29) is 11.4 Å². The Morgan fingerprint density at radius 2 is 2.11 bits per heavy atom. The zero-order valence-electron chi connectivity index (χ0n) is 11.6. The molecule has 2 aliphatic rings. The Bertz CT molecular complexity index is 536. The summed E-state index contributed by atoms with van der Waals surface area (Å²) >= 11 is 0. The summed E-state index contributed by atoms with van der Waals surface area (Å²) in [7, 11) is 0. The lowest BCUT2D eigenvalue weighted by molar-refractivity contribution is -0.116. The molecule has 19 heavy (non-hydrogen) atoms. The van der Waals surface area contributed by atoms with Crippen LogP contribution in [0, 0.1) is 0 Å². The molecular weight excluding hydrogens is 238 g/mol. The van der Waals surface area contributed by atoms with Crippen LogP contribution in [0.15, 0.2) is 12.1 Å². The van der Waals surface area contributed by atoms with E-state index in [0.29, 0.717) is 6.42 Å². The maximum atomic E-state index is 11.5. The van der Waals surface area contributed by atoms with E-state index in [1.165, 1.54) is 12.8 Å². The van der Waals surface area contributed by atoms with E-state index in [1.54, 1.807) is 0 Å². The number of hydrogen-bond acceptors (Lipinski definition) is 3. The molecule has 1 saturated heterocycles. The standard InChI is InChI=1S/C15H21N3O/c1-15(2)6-3-7-18(15)13-9-12-10(8-11(13)16)4-5-14(19)17-12/h8-9H,3-7,16H2,1-2H3,(H,17,19). The first-order chi connectivity index (χ1) is 8.97. The predicted molar refractivity (Wildman–Crippen MR) is 78.5 cm³/mol. The van der Waals surface area contributed by atoms with Crippen LogP contribution in [0.4, 0.5) is 17.1 Å². The summed E-state index contributed by atoms with van der Waals surface area (Å²) in [6, 6.07) is 4.08. The van der Waals surface area contributed by atoms with Gasteiger partial charge in [-0.2, -0.15) is 0 Å². The van der Waals surface area contributed by atoms with Crippen LogP contribution in [-0.4, -0.2) is 18.0 Å². The summed E-state index contributed by atoms with van der Waals surface area (Å²) in [6.07, 6.45) is 3.71.